The smallest absolute Gasteiger partial charge is 0.241 e. The maximum atomic E-state index is 12.3. The van der Waals surface area contributed by atoms with Gasteiger partial charge in [-0.15, -0.1) is 0 Å². The molecular weight excluding hydrogens is 302 g/mol. The molecule has 0 saturated carbocycles. The number of hydrogen-bond donors (Lipinski definition) is 2. The monoisotopic (exact) mass is 325 g/mol. The Balaban J connectivity index is 2.05. The van der Waals surface area contributed by atoms with Crippen molar-refractivity contribution >= 4 is 21.6 Å². The molecule has 2 atom stereocenters. The molecule has 1 heterocycles. The average Bonchev–Trinajstić information content (AvgIpc) is 2.46. The molecule has 7 heteroatoms. The number of benzene rings is 1. The van der Waals surface area contributed by atoms with Crippen LogP contribution < -0.4 is 10.5 Å². The Morgan fingerprint density at radius 1 is 1.45 bits per heavy atom. The van der Waals surface area contributed by atoms with Crippen molar-refractivity contribution in [3.05, 3.63) is 24.3 Å². The minimum atomic E-state index is -3.77. The summed E-state index contributed by atoms with van der Waals surface area (Å²) >= 11 is 0. The van der Waals surface area contributed by atoms with E-state index in [-0.39, 0.29) is 16.8 Å². The van der Waals surface area contributed by atoms with Crippen LogP contribution in [0, 0.1) is 5.92 Å². The first kappa shape index (κ1) is 16.9. The zero-order valence-corrected chi connectivity index (χ0v) is 13.8. The number of rotatable bonds is 4. The zero-order valence-electron chi connectivity index (χ0n) is 13.0. The van der Waals surface area contributed by atoms with E-state index in [4.69, 9.17) is 5.14 Å². The third kappa shape index (κ3) is 4.28. The van der Waals surface area contributed by atoms with Gasteiger partial charge in [-0.1, -0.05) is 13.0 Å². The number of sulfonamides is 1. The van der Waals surface area contributed by atoms with E-state index in [1.807, 2.05) is 6.92 Å². The Kier molecular flexibility index (Phi) is 5.20. The number of anilines is 1. The summed E-state index contributed by atoms with van der Waals surface area (Å²) in [5, 5.41) is 7.87. The highest BCUT2D eigenvalue weighted by Gasteiger charge is 2.25. The first-order valence-corrected chi connectivity index (χ1v) is 9.00. The van der Waals surface area contributed by atoms with Crippen molar-refractivity contribution in [2.75, 3.05) is 18.4 Å². The van der Waals surface area contributed by atoms with Gasteiger partial charge in [0.1, 0.15) is 0 Å². The predicted molar refractivity (Wildman–Crippen MR) is 85.9 cm³/mol. The lowest BCUT2D eigenvalue weighted by molar-refractivity contribution is -0.121. The van der Waals surface area contributed by atoms with Crippen molar-refractivity contribution in [1.82, 2.24) is 4.90 Å². The highest BCUT2D eigenvalue weighted by molar-refractivity contribution is 7.89. The molecule has 1 aliphatic rings. The molecule has 0 radical (unpaired) electrons. The molecular formula is C15H23N3O3S. The van der Waals surface area contributed by atoms with Gasteiger partial charge in [-0.25, -0.2) is 13.6 Å². The Labute approximate surface area is 131 Å². The van der Waals surface area contributed by atoms with E-state index in [0.717, 1.165) is 19.5 Å². The van der Waals surface area contributed by atoms with Crippen LogP contribution in [-0.4, -0.2) is 38.4 Å². The topological polar surface area (TPSA) is 92.5 Å². The molecule has 1 fully saturated rings. The van der Waals surface area contributed by atoms with Gasteiger partial charge < -0.3 is 5.32 Å². The summed E-state index contributed by atoms with van der Waals surface area (Å²) in [4.78, 5) is 14.5. The lowest BCUT2D eigenvalue weighted by Crippen LogP contribution is -2.46. The molecule has 6 nitrogen and oxygen atoms in total. The zero-order chi connectivity index (χ0) is 16.3. The fourth-order valence-electron chi connectivity index (χ4n) is 2.74. The SMILES string of the molecule is C[C@@H]1CCCN([C@@H](C)C(=O)Nc2cccc(S(N)(=O)=O)c2)C1. The largest absolute Gasteiger partial charge is 0.325 e. The van der Waals surface area contributed by atoms with Gasteiger partial charge in [0.2, 0.25) is 15.9 Å². The van der Waals surface area contributed by atoms with Crippen LogP contribution >= 0.6 is 0 Å². The number of hydrogen-bond acceptors (Lipinski definition) is 4. The van der Waals surface area contributed by atoms with Gasteiger partial charge in [0, 0.05) is 12.2 Å². The van der Waals surface area contributed by atoms with Crippen molar-refractivity contribution in [3.8, 4) is 0 Å². The van der Waals surface area contributed by atoms with Gasteiger partial charge in [-0.3, -0.25) is 9.69 Å². The third-order valence-electron chi connectivity index (χ3n) is 4.05. The van der Waals surface area contributed by atoms with Crippen LogP contribution in [0.25, 0.3) is 0 Å². The molecule has 0 aliphatic carbocycles. The Hall–Kier alpha value is -1.44. The van der Waals surface area contributed by atoms with Crippen LogP contribution in [0.4, 0.5) is 5.69 Å². The van der Waals surface area contributed by atoms with Crippen molar-refractivity contribution in [1.29, 1.82) is 0 Å². The van der Waals surface area contributed by atoms with Gasteiger partial charge in [-0.2, -0.15) is 0 Å². The highest BCUT2D eigenvalue weighted by atomic mass is 32.2. The molecule has 1 saturated heterocycles. The van der Waals surface area contributed by atoms with Crippen molar-refractivity contribution in [3.63, 3.8) is 0 Å². The molecule has 0 unspecified atom stereocenters. The molecule has 22 heavy (non-hydrogen) atoms. The molecule has 122 valence electrons. The second-order valence-electron chi connectivity index (χ2n) is 5.98. The van der Waals surface area contributed by atoms with E-state index in [2.05, 4.69) is 17.1 Å². The minimum Gasteiger partial charge on any atom is -0.325 e. The van der Waals surface area contributed by atoms with Gasteiger partial charge in [-0.05, 0) is 50.4 Å². The highest BCUT2D eigenvalue weighted by Crippen LogP contribution is 2.19. The van der Waals surface area contributed by atoms with E-state index in [1.54, 1.807) is 12.1 Å². The second-order valence-corrected chi connectivity index (χ2v) is 7.54. The molecule has 0 bridgehead atoms. The summed E-state index contributed by atoms with van der Waals surface area (Å²) in [6, 6.07) is 5.74. The molecule has 3 N–H and O–H groups in total. The van der Waals surface area contributed by atoms with E-state index >= 15 is 0 Å². The molecule has 2 rings (SSSR count). The summed E-state index contributed by atoms with van der Waals surface area (Å²) in [6.45, 7) is 5.88. The normalized spacial score (nSPS) is 21.3. The molecule has 0 spiro atoms. The number of nitrogens with one attached hydrogen (secondary N) is 1. The third-order valence-corrected chi connectivity index (χ3v) is 4.96. The number of piperidine rings is 1. The van der Waals surface area contributed by atoms with Gasteiger partial charge in [0.25, 0.3) is 0 Å². The maximum Gasteiger partial charge on any atom is 0.241 e. The summed E-state index contributed by atoms with van der Waals surface area (Å²) in [5.74, 6) is 0.454. The van der Waals surface area contributed by atoms with Crippen LogP contribution in [0.2, 0.25) is 0 Å². The predicted octanol–water partition coefficient (Wildman–Crippen LogP) is 1.39. The number of amides is 1. The fourth-order valence-corrected chi connectivity index (χ4v) is 3.30. The van der Waals surface area contributed by atoms with E-state index in [0.29, 0.717) is 11.6 Å². The molecule has 0 aromatic heterocycles. The number of nitrogens with two attached hydrogens (primary N) is 1. The van der Waals surface area contributed by atoms with Gasteiger partial charge in [0.15, 0.2) is 0 Å². The van der Waals surface area contributed by atoms with Crippen molar-refractivity contribution < 1.29 is 13.2 Å². The molecule has 1 aromatic rings. The first-order chi connectivity index (χ1) is 10.3. The lowest BCUT2D eigenvalue weighted by atomic mass is 9.99. The second kappa shape index (κ2) is 6.76. The standard InChI is InChI=1S/C15H23N3O3S/c1-11-5-4-8-18(10-11)12(2)15(19)17-13-6-3-7-14(9-13)22(16,20)21/h3,6-7,9,11-12H,4-5,8,10H2,1-2H3,(H,17,19)(H2,16,20,21)/t11-,12+/m1/s1. The van der Waals surface area contributed by atoms with E-state index in [9.17, 15) is 13.2 Å². The lowest BCUT2D eigenvalue weighted by Gasteiger charge is -2.34. The van der Waals surface area contributed by atoms with Gasteiger partial charge in [0.05, 0.1) is 10.9 Å². The molecule has 1 aliphatic heterocycles. The average molecular weight is 325 g/mol. The number of likely N-dealkylation sites (tertiary alicyclic amines) is 1. The quantitative estimate of drug-likeness (QED) is 0.875. The van der Waals surface area contributed by atoms with Crippen molar-refractivity contribution in [2.45, 2.75) is 37.6 Å². The van der Waals surface area contributed by atoms with Crippen LogP contribution in [0.3, 0.4) is 0 Å². The number of primary sulfonamides is 1. The Bertz CT molecular complexity index is 645. The minimum absolute atomic E-state index is 0.00968. The molecule has 1 amide bonds. The summed E-state index contributed by atoms with van der Waals surface area (Å²) in [7, 11) is -3.77. The van der Waals surface area contributed by atoms with Crippen LogP contribution in [0.1, 0.15) is 26.7 Å². The maximum absolute atomic E-state index is 12.3. The first-order valence-electron chi connectivity index (χ1n) is 7.45. The van der Waals surface area contributed by atoms with Crippen LogP contribution in [0.5, 0.6) is 0 Å². The van der Waals surface area contributed by atoms with Crippen molar-refractivity contribution in [2.24, 2.45) is 11.1 Å². The summed E-state index contributed by atoms with van der Waals surface area (Å²) in [5.41, 5.74) is 0.438. The summed E-state index contributed by atoms with van der Waals surface area (Å²) in [6.07, 6.45) is 2.29. The number of carbonyl (C=O) groups is 1. The van der Waals surface area contributed by atoms with Crippen LogP contribution in [0.15, 0.2) is 29.2 Å². The van der Waals surface area contributed by atoms with Gasteiger partial charge >= 0.3 is 0 Å². The van der Waals surface area contributed by atoms with E-state index < -0.39 is 10.0 Å². The Morgan fingerprint density at radius 3 is 2.82 bits per heavy atom. The molecule has 1 aromatic carbocycles. The summed E-state index contributed by atoms with van der Waals surface area (Å²) < 4.78 is 22.7. The number of nitrogens with zero attached hydrogens (tertiary/aromatic N) is 1. The fraction of sp³-hybridized carbons (Fsp3) is 0.533. The number of carbonyl (C=O) groups excluding carboxylic acids is 1. The van der Waals surface area contributed by atoms with Crippen LogP contribution in [-0.2, 0) is 14.8 Å². The Morgan fingerprint density at radius 2 is 2.18 bits per heavy atom. The van der Waals surface area contributed by atoms with E-state index in [1.165, 1.54) is 18.6 Å².